The van der Waals surface area contributed by atoms with Gasteiger partial charge in [-0.15, -0.1) is 0 Å². The molecule has 2 atom stereocenters. The molecule has 122 valence electrons. The summed E-state index contributed by atoms with van der Waals surface area (Å²) in [7, 11) is 1.43. The smallest absolute Gasteiger partial charge is 0.252 e. The van der Waals surface area contributed by atoms with Crippen LogP contribution in [0, 0.1) is 0 Å². The molecule has 0 saturated heterocycles. The SMILES string of the molecule is COC1=CC(=O)N(CC(=O)Nc2ccc3c(c2)NC(C)O3)C1N. The highest BCUT2D eigenvalue weighted by atomic mass is 16.5. The van der Waals surface area contributed by atoms with Crippen molar-refractivity contribution >= 4 is 23.2 Å². The fraction of sp³-hybridized carbons (Fsp3) is 0.333. The minimum Gasteiger partial charge on any atom is -0.497 e. The number of rotatable bonds is 4. The second-order valence-electron chi connectivity index (χ2n) is 5.33. The highest BCUT2D eigenvalue weighted by molar-refractivity contribution is 5.98. The van der Waals surface area contributed by atoms with Crippen molar-refractivity contribution in [1.29, 1.82) is 0 Å². The van der Waals surface area contributed by atoms with E-state index in [4.69, 9.17) is 15.2 Å². The van der Waals surface area contributed by atoms with Gasteiger partial charge in [-0.25, -0.2) is 0 Å². The summed E-state index contributed by atoms with van der Waals surface area (Å²) >= 11 is 0. The van der Waals surface area contributed by atoms with E-state index in [1.54, 1.807) is 18.2 Å². The minimum atomic E-state index is -0.741. The summed E-state index contributed by atoms with van der Waals surface area (Å²) in [6.45, 7) is 1.74. The molecule has 0 fully saturated rings. The van der Waals surface area contributed by atoms with Gasteiger partial charge in [0.25, 0.3) is 5.91 Å². The molecule has 0 aliphatic carbocycles. The lowest BCUT2D eigenvalue weighted by Crippen LogP contribution is -2.45. The van der Waals surface area contributed by atoms with E-state index in [0.717, 1.165) is 11.4 Å². The molecule has 1 aromatic carbocycles. The number of carbonyl (C=O) groups is 2. The van der Waals surface area contributed by atoms with Crippen LogP contribution in [0.4, 0.5) is 11.4 Å². The van der Waals surface area contributed by atoms with E-state index in [2.05, 4.69) is 10.6 Å². The van der Waals surface area contributed by atoms with Crippen LogP contribution in [0.15, 0.2) is 30.0 Å². The molecule has 2 aliphatic rings. The van der Waals surface area contributed by atoms with Crippen LogP contribution in [0.2, 0.25) is 0 Å². The number of nitrogens with two attached hydrogens (primary N) is 1. The third kappa shape index (κ3) is 2.93. The van der Waals surface area contributed by atoms with Gasteiger partial charge in [-0.3, -0.25) is 9.59 Å². The molecule has 2 heterocycles. The lowest BCUT2D eigenvalue weighted by molar-refractivity contribution is -0.130. The third-order valence-corrected chi connectivity index (χ3v) is 3.65. The number of methoxy groups -OCH3 is 1. The number of amides is 2. The first-order valence-electron chi connectivity index (χ1n) is 7.17. The van der Waals surface area contributed by atoms with Gasteiger partial charge in [0.1, 0.15) is 24.2 Å². The van der Waals surface area contributed by atoms with Crippen molar-refractivity contribution in [2.45, 2.75) is 19.3 Å². The molecule has 0 spiro atoms. The Kier molecular flexibility index (Phi) is 3.83. The second kappa shape index (κ2) is 5.81. The molecule has 2 amide bonds. The van der Waals surface area contributed by atoms with Crippen molar-refractivity contribution in [3.63, 3.8) is 0 Å². The van der Waals surface area contributed by atoms with Gasteiger partial charge in [0, 0.05) is 11.8 Å². The Balaban J connectivity index is 1.63. The van der Waals surface area contributed by atoms with Gasteiger partial charge < -0.3 is 30.7 Å². The summed E-state index contributed by atoms with van der Waals surface area (Å²) in [5.41, 5.74) is 7.28. The third-order valence-electron chi connectivity index (χ3n) is 3.65. The quantitative estimate of drug-likeness (QED) is 0.743. The van der Waals surface area contributed by atoms with Crippen LogP contribution in [0.1, 0.15) is 6.92 Å². The summed E-state index contributed by atoms with van der Waals surface area (Å²) in [5, 5.41) is 5.87. The van der Waals surface area contributed by atoms with E-state index in [1.807, 2.05) is 6.92 Å². The van der Waals surface area contributed by atoms with Gasteiger partial charge >= 0.3 is 0 Å². The fourth-order valence-electron chi connectivity index (χ4n) is 2.55. The van der Waals surface area contributed by atoms with E-state index < -0.39 is 6.17 Å². The molecule has 0 bridgehead atoms. The minimum absolute atomic E-state index is 0.102. The number of hydrogen-bond donors (Lipinski definition) is 3. The van der Waals surface area contributed by atoms with Crippen molar-refractivity contribution in [1.82, 2.24) is 4.90 Å². The van der Waals surface area contributed by atoms with E-state index in [0.29, 0.717) is 11.4 Å². The molecule has 4 N–H and O–H groups in total. The predicted octanol–water partition coefficient (Wildman–Crippen LogP) is 0.433. The number of nitrogens with one attached hydrogen (secondary N) is 2. The first-order valence-corrected chi connectivity index (χ1v) is 7.17. The van der Waals surface area contributed by atoms with Gasteiger partial charge in [-0.1, -0.05) is 0 Å². The van der Waals surface area contributed by atoms with Crippen molar-refractivity contribution < 1.29 is 19.1 Å². The number of nitrogens with zero attached hydrogens (tertiary/aromatic N) is 1. The molecule has 0 radical (unpaired) electrons. The van der Waals surface area contributed by atoms with Crippen LogP contribution < -0.4 is 21.1 Å². The summed E-state index contributed by atoms with van der Waals surface area (Å²) in [6, 6.07) is 5.29. The Hall–Kier alpha value is -2.74. The Labute approximate surface area is 133 Å². The van der Waals surface area contributed by atoms with Crippen molar-refractivity contribution in [3.8, 4) is 5.75 Å². The maximum atomic E-state index is 12.1. The maximum absolute atomic E-state index is 12.1. The molecule has 2 aliphatic heterocycles. The van der Waals surface area contributed by atoms with E-state index in [9.17, 15) is 9.59 Å². The molecular weight excluding hydrogens is 300 g/mol. The van der Waals surface area contributed by atoms with Crippen LogP contribution >= 0.6 is 0 Å². The number of carbonyl (C=O) groups excluding carboxylic acids is 2. The molecule has 1 aromatic rings. The molecule has 3 rings (SSSR count). The zero-order valence-corrected chi connectivity index (χ0v) is 12.8. The summed E-state index contributed by atoms with van der Waals surface area (Å²) < 4.78 is 10.5. The van der Waals surface area contributed by atoms with E-state index in [-0.39, 0.29) is 24.6 Å². The number of anilines is 2. The number of hydrogen-bond acceptors (Lipinski definition) is 6. The first-order chi connectivity index (χ1) is 11.0. The van der Waals surface area contributed by atoms with Gasteiger partial charge in [0.05, 0.1) is 12.8 Å². The number of ether oxygens (including phenoxy) is 2. The molecule has 2 unspecified atom stereocenters. The molecule has 0 aromatic heterocycles. The van der Waals surface area contributed by atoms with E-state index in [1.165, 1.54) is 18.1 Å². The summed E-state index contributed by atoms with van der Waals surface area (Å²) in [4.78, 5) is 25.2. The molecule has 23 heavy (non-hydrogen) atoms. The average molecular weight is 318 g/mol. The monoisotopic (exact) mass is 318 g/mol. The number of fused-ring (bicyclic) bond motifs is 1. The lowest BCUT2D eigenvalue weighted by Gasteiger charge is -2.22. The van der Waals surface area contributed by atoms with Gasteiger partial charge in [0.15, 0.2) is 6.23 Å². The molecule has 0 saturated carbocycles. The summed E-state index contributed by atoms with van der Waals surface area (Å²) in [6.07, 6.45) is 0.444. The van der Waals surface area contributed by atoms with Crippen molar-refractivity contribution in [2.24, 2.45) is 5.73 Å². The Morgan fingerprint density at radius 1 is 1.52 bits per heavy atom. The fourth-order valence-corrected chi connectivity index (χ4v) is 2.55. The second-order valence-corrected chi connectivity index (χ2v) is 5.33. The van der Waals surface area contributed by atoms with Crippen LogP contribution in [-0.2, 0) is 14.3 Å². The van der Waals surface area contributed by atoms with Crippen LogP contribution in [0.3, 0.4) is 0 Å². The molecular formula is C15H18N4O4. The highest BCUT2D eigenvalue weighted by Gasteiger charge is 2.32. The van der Waals surface area contributed by atoms with Crippen LogP contribution in [0.25, 0.3) is 0 Å². The largest absolute Gasteiger partial charge is 0.497 e. The standard InChI is InChI=1S/C15H18N4O4/c1-8-17-10-5-9(3-4-11(10)23-8)18-13(20)7-19-14(21)6-12(22-2)15(19)16/h3-6,8,15,17H,7,16H2,1-2H3,(H,18,20). The zero-order chi connectivity index (χ0) is 16.6. The lowest BCUT2D eigenvalue weighted by atomic mass is 10.2. The highest BCUT2D eigenvalue weighted by Crippen LogP contribution is 2.33. The maximum Gasteiger partial charge on any atom is 0.252 e. The van der Waals surface area contributed by atoms with E-state index >= 15 is 0 Å². The van der Waals surface area contributed by atoms with Gasteiger partial charge in [-0.2, -0.15) is 0 Å². The van der Waals surface area contributed by atoms with Crippen molar-refractivity contribution in [3.05, 3.63) is 30.0 Å². The molecule has 8 heteroatoms. The first kappa shape index (κ1) is 15.2. The van der Waals surface area contributed by atoms with Gasteiger partial charge in [-0.05, 0) is 25.1 Å². The average Bonchev–Trinajstić information content (AvgIpc) is 3.00. The topological polar surface area (TPSA) is 106 Å². The number of benzene rings is 1. The zero-order valence-electron chi connectivity index (χ0n) is 12.8. The molecule has 8 nitrogen and oxygen atoms in total. The van der Waals surface area contributed by atoms with Gasteiger partial charge in [0.2, 0.25) is 5.91 Å². The summed E-state index contributed by atoms with van der Waals surface area (Å²) in [5.74, 6) is 0.394. The van der Waals surface area contributed by atoms with Crippen LogP contribution in [-0.4, -0.2) is 42.8 Å². The normalized spacial score (nSPS) is 22.1. The Morgan fingerprint density at radius 2 is 2.30 bits per heavy atom. The predicted molar refractivity (Wildman–Crippen MR) is 83.6 cm³/mol. The Morgan fingerprint density at radius 3 is 3.00 bits per heavy atom. The Bertz CT molecular complexity index is 688. The van der Waals surface area contributed by atoms with Crippen LogP contribution in [0.5, 0.6) is 5.75 Å². The van der Waals surface area contributed by atoms with Crippen molar-refractivity contribution in [2.75, 3.05) is 24.3 Å².